The molecule has 0 aromatic heterocycles. The first kappa shape index (κ1) is 13.4. The Kier molecular flexibility index (Phi) is 3.66. The molecule has 1 aromatic carbocycles. The molecule has 1 amide bonds. The van der Waals surface area contributed by atoms with Gasteiger partial charge >= 0.3 is 0 Å². The van der Waals surface area contributed by atoms with E-state index < -0.39 is 0 Å². The van der Waals surface area contributed by atoms with Crippen molar-refractivity contribution in [2.45, 2.75) is 25.8 Å². The Morgan fingerprint density at radius 1 is 1.40 bits per heavy atom. The highest BCUT2D eigenvalue weighted by Gasteiger charge is 2.33. The van der Waals surface area contributed by atoms with Crippen molar-refractivity contribution < 1.29 is 9.53 Å². The van der Waals surface area contributed by atoms with Gasteiger partial charge in [0.1, 0.15) is 12.4 Å². The number of nitrogens with two attached hydrogens (primary N) is 1. The molecule has 0 bridgehead atoms. The van der Waals surface area contributed by atoms with E-state index in [9.17, 15) is 4.79 Å². The van der Waals surface area contributed by atoms with Crippen molar-refractivity contribution in [3.05, 3.63) is 29.8 Å². The van der Waals surface area contributed by atoms with Crippen molar-refractivity contribution >= 4 is 5.91 Å². The number of piperidine rings is 1. The fourth-order valence-electron chi connectivity index (χ4n) is 3.11. The van der Waals surface area contributed by atoms with Crippen LogP contribution in [0, 0.1) is 11.8 Å². The van der Waals surface area contributed by atoms with Gasteiger partial charge in [-0.25, -0.2) is 0 Å². The Bertz CT molecular complexity index is 503. The summed E-state index contributed by atoms with van der Waals surface area (Å²) in [6.07, 6.45) is 1.68. The summed E-state index contributed by atoms with van der Waals surface area (Å²) >= 11 is 0. The molecule has 0 saturated carbocycles. The second-order valence-corrected chi connectivity index (χ2v) is 6.03. The van der Waals surface area contributed by atoms with Gasteiger partial charge < -0.3 is 15.4 Å². The molecule has 2 heterocycles. The first-order valence-corrected chi connectivity index (χ1v) is 7.40. The van der Waals surface area contributed by atoms with Gasteiger partial charge in [0.2, 0.25) is 5.91 Å². The number of fused-ring (bicyclic) bond motifs is 1. The molecule has 1 aromatic rings. The first-order chi connectivity index (χ1) is 9.65. The number of likely N-dealkylation sites (tertiary alicyclic amines) is 1. The normalized spacial score (nSPS) is 29.5. The van der Waals surface area contributed by atoms with E-state index in [1.807, 2.05) is 29.2 Å². The van der Waals surface area contributed by atoms with Crippen LogP contribution in [-0.4, -0.2) is 36.5 Å². The van der Waals surface area contributed by atoms with Crippen LogP contribution in [0.2, 0.25) is 0 Å². The number of benzene rings is 1. The van der Waals surface area contributed by atoms with Gasteiger partial charge in [0.25, 0.3) is 0 Å². The lowest BCUT2D eigenvalue weighted by Crippen LogP contribution is -2.51. The largest absolute Gasteiger partial charge is 0.492 e. The topological polar surface area (TPSA) is 55.6 Å². The van der Waals surface area contributed by atoms with E-state index in [0.29, 0.717) is 12.5 Å². The molecule has 4 nitrogen and oxygen atoms in total. The van der Waals surface area contributed by atoms with Crippen LogP contribution in [0.3, 0.4) is 0 Å². The van der Waals surface area contributed by atoms with E-state index in [1.165, 1.54) is 0 Å². The Labute approximate surface area is 119 Å². The van der Waals surface area contributed by atoms with Crippen molar-refractivity contribution in [3.8, 4) is 5.75 Å². The molecule has 108 valence electrons. The number of carbonyl (C=O) groups is 1. The monoisotopic (exact) mass is 274 g/mol. The Hall–Kier alpha value is -1.55. The molecule has 1 fully saturated rings. The first-order valence-electron chi connectivity index (χ1n) is 7.40. The highest BCUT2D eigenvalue weighted by atomic mass is 16.5. The average Bonchev–Trinajstić information content (AvgIpc) is 2.49. The van der Waals surface area contributed by atoms with E-state index in [4.69, 9.17) is 10.5 Å². The number of para-hydroxylation sites is 1. The second-order valence-electron chi connectivity index (χ2n) is 6.03. The van der Waals surface area contributed by atoms with Crippen molar-refractivity contribution in [1.82, 2.24) is 4.90 Å². The molecule has 0 aliphatic carbocycles. The van der Waals surface area contributed by atoms with Crippen LogP contribution >= 0.6 is 0 Å². The van der Waals surface area contributed by atoms with Gasteiger partial charge in [-0.05, 0) is 30.4 Å². The van der Waals surface area contributed by atoms with Crippen LogP contribution in [0.1, 0.15) is 18.9 Å². The molecular weight excluding hydrogens is 252 g/mol. The van der Waals surface area contributed by atoms with Crippen molar-refractivity contribution in [2.24, 2.45) is 17.6 Å². The van der Waals surface area contributed by atoms with Gasteiger partial charge in [0, 0.05) is 19.1 Å². The summed E-state index contributed by atoms with van der Waals surface area (Å²) in [5, 5.41) is 0. The third-order valence-electron chi connectivity index (χ3n) is 4.51. The van der Waals surface area contributed by atoms with Gasteiger partial charge in [-0.15, -0.1) is 0 Å². The minimum Gasteiger partial charge on any atom is -0.492 e. The van der Waals surface area contributed by atoms with E-state index >= 15 is 0 Å². The fourth-order valence-corrected chi connectivity index (χ4v) is 3.11. The number of nitrogens with zero attached hydrogens (tertiary/aromatic N) is 1. The van der Waals surface area contributed by atoms with Crippen LogP contribution in [0.25, 0.3) is 0 Å². The molecule has 3 unspecified atom stereocenters. The number of rotatable bonds is 1. The third kappa shape index (κ3) is 2.52. The molecule has 0 radical (unpaired) electrons. The summed E-state index contributed by atoms with van der Waals surface area (Å²) in [7, 11) is 0. The lowest BCUT2D eigenvalue weighted by Gasteiger charge is -2.37. The Balaban J connectivity index is 1.67. The zero-order chi connectivity index (χ0) is 14.1. The van der Waals surface area contributed by atoms with E-state index in [2.05, 4.69) is 6.92 Å². The smallest absolute Gasteiger partial charge is 0.229 e. The molecule has 2 aliphatic heterocycles. The summed E-state index contributed by atoms with van der Waals surface area (Å²) in [6.45, 7) is 4.17. The van der Waals surface area contributed by atoms with Gasteiger partial charge in [0.15, 0.2) is 0 Å². The lowest BCUT2D eigenvalue weighted by atomic mass is 9.91. The Morgan fingerprint density at radius 3 is 3.00 bits per heavy atom. The summed E-state index contributed by atoms with van der Waals surface area (Å²) in [6, 6.07) is 8.20. The SMILES string of the molecule is CC1CN(C(=O)C2COc3ccccc3C2)CCC1N. The molecule has 2 N–H and O–H groups in total. The molecule has 0 spiro atoms. The summed E-state index contributed by atoms with van der Waals surface area (Å²) in [5.74, 6) is 1.47. The van der Waals surface area contributed by atoms with Gasteiger partial charge in [-0.3, -0.25) is 4.79 Å². The predicted molar refractivity (Wildman–Crippen MR) is 77.5 cm³/mol. The van der Waals surface area contributed by atoms with Crippen LogP contribution in [0.15, 0.2) is 24.3 Å². The summed E-state index contributed by atoms with van der Waals surface area (Å²) in [4.78, 5) is 14.6. The molecule has 3 rings (SSSR count). The fraction of sp³-hybridized carbons (Fsp3) is 0.562. The maximum atomic E-state index is 12.6. The van der Waals surface area contributed by atoms with E-state index in [1.54, 1.807) is 0 Å². The standard InChI is InChI=1S/C16H22N2O2/c1-11-9-18(7-6-14(11)17)16(19)13-8-12-4-2-3-5-15(12)20-10-13/h2-5,11,13-14H,6-10,17H2,1H3. The highest BCUT2D eigenvalue weighted by molar-refractivity contribution is 5.80. The molecule has 2 aliphatic rings. The zero-order valence-corrected chi connectivity index (χ0v) is 11.9. The van der Waals surface area contributed by atoms with Crippen molar-refractivity contribution in [2.75, 3.05) is 19.7 Å². The molecule has 20 heavy (non-hydrogen) atoms. The maximum Gasteiger partial charge on any atom is 0.229 e. The zero-order valence-electron chi connectivity index (χ0n) is 11.9. The van der Waals surface area contributed by atoms with Crippen LogP contribution in [0.5, 0.6) is 5.75 Å². The third-order valence-corrected chi connectivity index (χ3v) is 4.51. The van der Waals surface area contributed by atoms with E-state index in [-0.39, 0.29) is 17.9 Å². The van der Waals surface area contributed by atoms with Crippen LogP contribution < -0.4 is 10.5 Å². The summed E-state index contributed by atoms with van der Waals surface area (Å²) in [5.41, 5.74) is 7.16. The molecule has 3 atom stereocenters. The number of hydrogen-bond acceptors (Lipinski definition) is 3. The Morgan fingerprint density at radius 2 is 2.20 bits per heavy atom. The van der Waals surface area contributed by atoms with Crippen LogP contribution in [0.4, 0.5) is 0 Å². The average molecular weight is 274 g/mol. The lowest BCUT2D eigenvalue weighted by molar-refractivity contribution is -0.138. The van der Waals surface area contributed by atoms with E-state index in [0.717, 1.165) is 37.2 Å². The minimum atomic E-state index is -0.0496. The molecular formula is C16H22N2O2. The highest BCUT2D eigenvalue weighted by Crippen LogP contribution is 2.28. The number of amides is 1. The van der Waals surface area contributed by atoms with Gasteiger partial charge in [-0.2, -0.15) is 0 Å². The van der Waals surface area contributed by atoms with Crippen LogP contribution in [-0.2, 0) is 11.2 Å². The van der Waals surface area contributed by atoms with Crippen molar-refractivity contribution in [3.63, 3.8) is 0 Å². The van der Waals surface area contributed by atoms with Crippen molar-refractivity contribution in [1.29, 1.82) is 0 Å². The van der Waals surface area contributed by atoms with Gasteiger partial charge in [0.05, 0.1) is 5.92 Å². The summed E-state index contributed by atoms with van der Waals surface area (Å²) < 4.78 is 5.72. The number of ether oxygens (including phenoxy) is 1. The van der Waals surface area contributed by atoms with Gasteiger partial charge in [-0.1, -0.05) is 25.1 Å². The second kappa shape index (κ2) is 5.44. The maximum absolute atomic E-state index is 12.6. The number of carbonyl (C=O) groups excluding carboxylic acids is 1. The minimum absolute atomic E-state index is 0.0496. The molecule has 1 saturated heterocycles. The quantitative estimate of drug-likeness (QED) is 0.843. The molecule has 4 heteroatoms. The predicted octanol–water partition coefficient (Wildman–Crippen LogP) is 1.43. The number of hydrogen-bond donors (Lipinski definition) is 1.